The monoisotopic (exact) mass is 376 g/mol. The third kappa shape index (κ3) is 3.05. The van der Waals surface area contributed by atoms with Crippen LogP contribution in [0.1, 0.15) is 21.6 Å². The van der Waals surface area contributed by atoms with Crippen molar-refractivity contribution in [1.82, 2.24) is 14.5 Å². The Bertz CT molecular complexity index is 1110. The molecule has 0 aliphatic carbocycles. The molecule has 0 radical (unpaired) electrons. The van der Waals surface area contributed by atoms with E-state index >= 15 is 0 Å². The largest absolute Gasteiger partial charge is 0.368 e. The second kappa shape index (κ2) is 7.11. The molecule has 1 aliphatic rings. The summed E-state index contributed by atoms with van der Waals surface area (Å²) in [5, 5.41) is 0. The number of hydrogen-bond acceptors (Lipinski definition) is 4. The quantitative estimate of drug-likeness (QED) is 0.690. The lowest BCUT2D eigenvalue weighted by Crippen LogP contribution is -2.50. The summed E-state index contributed by atoms with van der Waals surface area (Å²) < 4.78 is 1.50. The molecule has 0 spiro atoms. The summed E-state index contributed by atoms with van der Waals surface area (Å²) in [6.45, 7) is 6.87. The van der Waals surface area contributed by atoms with E-state index in [1.54, 1.807) is 11.9 Å². The normalized spacial score (nSPS) is 14.5. The highest BCUT2D eigenvalue weighted by molar-refractivity contribution is 5.94. The average Bonchev–Trinajstić information content (AvgIpc) is 2.72. The van der Waals surface area contributed by atoms with Crippen molar-refractivity contribution < 1.29 is 4.79 Å². The molecule has 2 aromatic carbocycles. The van der Waals surface area contributed by atoms with E-state index in [0.29, 0.717) is 18.6 Å². The summed E-state index contributed by atoms with van der Waals surface area (Å²) in [5.74, 6) is -0.285. The minimum absolute atomic E-state index is 0.00128. The zero-order valence-corrected chi connectivity index (χ0v) is 16.5. The molecule has 0 atom stereocenters. The van der Waals surface area contributed by atoms with E-state index < -0.39 is 0 Å². The lowest BCUT2D eigenvalue weighted by atomic mass is 10.1. The molecule has 0 unspecified atom stereocenters. The highest BCUT2D eigenvalue weighted by Crippen LogP contribution is 2.24. The number of benzene rings is 2. The summed E-state index contributed by atoms with van der Waals surface area (Å²) >= 11 is 0. The first kappa shape index (κ1) is 18.2. The van der Waals surface area contributed by atoms with Crippen molar-refractivity contribution >= 4 is 22.6 Å². The Labute approximate surface area is 164 Å². The molecule has 1 aliphatic heterocycles. The molecule has 6 nitrogen and oxygen atoms in total. The maximum absolute atomic E-state index is 13.0. The Morgan fingerprint density at radius 3 is 2.43 bits per heavy atom. The fourth-order valence-electron chi connectivity index (χ4n) is 3.80. The van der Waals surface area contributed by atoms with Crippen LogP contribution in [0.15, 0.2) is 47.3 Å². The molecule has 0 saturated carbocycles. The zero-order valence-electron chi connectivity index (χ0n) is 16.5. The van der Waals surface area contributed by atoms with Crippen LogP contribution in [0.25, 0.3) is 11.0 Å². The molecule has 28 heavy (non-hydrogen) atoms. The van der Waals surface area contributed by atoms with Crippen LogP contribution < -0.4 is 10.5 Å². The zero-order chi connectivity index (χ0) is 19.8. The van der Waals surface area contributed by atoms with Gasteiger partial charge in [0.15, 0.2) is 5.69 Å². The highest BCUT2D eigenvalue weighted by Gasteiger charge is 2.26. The Morgan fingerprint density at radius 2 is 1.68 bits per heavy atom. The number of rotatable bonds is 2. The van der Waals surface area contributed by atoms with Gasteiger partial charge in [-0.1, -0.05) is 24.3 Å². The number of para-hydroxylation sites is 2. The minimum atomic E-state index is -0.347. The molecule has 0 N–H and O–H groups in total. The van der Waals surface area contributed by atoms with E-state index in [1.165, 1.54) is 21.4 Å². The van der Waals surface area contributed by atoms with Crippen molar-refractivity contribution in [2.45, 2.75) is 13.8 Å². The minimum Gasteiger partial charge on any atom is -0.368 e. The van der Waals surface area contributed by atoms with E-state index in [-0.39, 0.29) is 17.2 Å². The number of nitrogens with zero attached hydrogens (tertiary/aromatic N) is 4. The van der Waals surface area contributed by atoms with Gasteiger partial charge in [-0.15, -0.1) is 0 Å². The number of hydrogen-bond donors (Lipinski definition) is 0. The van der Waals surface area contributed by atoms with Crippen molar-refractivity contribution in [2.75, 3.05) is 31.1 Å². The van der Waals surface area contributed by atoms with Crippen molar-refractivity contribution in [3.63, 3.8) is 0 Å². The molecule has 1 saturated heterocycles. The van der Waals surface area contributed by atoms with Crippen LogP contribution in [0.3, 0.4) is 0 Å². The van der Waals surface area contributed by atoms with Gasteiger partial charge in [-0.3, -0.25) is 9.59 Å². The highest BCUT2D eigenvalue weighted by atomic mass is 16.2. The number of aryl methyl sites for hydroxylation is 2. The van der Waals surface area contributed by atoms with E-state index in [4.69, 9.17) is 0 Å². The van der Waals surface area contributed by atoms with Gasteiger partial charge in [0.1, 0.15) is 0 Å². The Morgan fingerprint density at radius 1 is 0.964 bits per heavy atom. The summed E-state index contributed by atoms with van der Waals surface area (Å²) in [4.78, 5) is 34.1. The SMILES string of the molecule is Cc1cccc(N2CCN(C(=O)c3nc4ccccc4n(C)c3=O)CC2)c1C. The van der Waals surface area contributed by atoms with Gasteiger partial charge < -0.3 is 14.4 Å². The fraction of sp³-hybridized carbons (Fsp3) is 0.318. The summed E-state index contributed by atoms with van der Waals surface area (Å²) in [5.41, 5.74) is 4.78. The van der Waals surface area contributed by atoms with Gasteiger partial charge in [-0.05, 0) is 43.2 Å². The van der Waals surface area contributed by atoms with Crippen LogP contribution in [0.5, 0.6) is 0 Å². The Kier molecular flexibility index (Phi) is 4.63. The molecule has 2 heterocycles. The fourth-order valence-corrected chi connectivity index (χ4v) is 3.80. The van der Waals surface area contributed by atoms with E-state index in [1.807, 2.05) is 24.3 Å². The number of piperazine rings is 1. The van der Waals surface area contributed by atoms with E-state index in [2.05, 4.69) is 41.9 Å². The van der Waals surface area contributed by atoms with Gasteiger partial charge >= 0.3 is 0 Å². The smallest absolute Gasteiger partial charge is 0.282 e. The van der Waals surface area contributed by atoms with Crippen LogP contribution in [-0.4, -0.2) is 46.5 Å². The van der Waals surface area contributed by atoms with Crippen molar-refractivity contribution in [3.05, 3.63) is 69.6 Å². The molecule has 1 amide bonds. The van der Waals surface area contributed by atoms with Crippen molar-refractivity contribution in [1.29, 1.82) is 0 Å². The lowest BCUT2D eigenvalue weighted by Gasteiger charge is -2.36. The molecule has 4 rings (SSSR count). The predicted molar refractivity (Wildman–Crippen MR) is 111 cm³/mol. The molecule has 1 aromatic heterocycles. The van der Waals surface area contributed by atoms with Crippen molar-refractivity contribution in [3.8, 4) is 0 Å². The second-order valence-electron chi connectivity index (χ2n) is 7.31. The first-order chi connectivity index (χ1) is 13.5. The molecule has 0 bridgehead atoms. The maximum Gasteiger partial charge on any atom is 0.282 e. The van der Waals surface area contributed by atoms with Gasteiger partial charge in [-0.2, -0.15) is 0 Å². The number of aromatic nitrogens is 2. The number of carbonyl (C=O) groups is 1. The van der Waals surface area contributed by atoms with Gasteiger partial charge in [0, 0.05) is 38.9 Å². The Balaban J connectivity index is 1.56. The van der Waals surface area contributed by atoms with Crippen LogP contribution in [0.4, 0.5) is 5.69 Å². The van der Waals surface area contributed by atoms with Gasteiger partial charge in [-0.25, -0.2) is 4.98 Å². The number of carbonyl (C=O) groups excluding carboxylic acids is 1. The molecular formula is C22H24N4O2. The molecule has 6 heteroatoms. The summed E-state index contributed by atoms with van der Waals surface area (Å²) in [6.07, 6.45) is 0. The van der Waals surface area contributed by atoms with Crippen LogP contribution in [-0.2, 0) is 7.05 Å². The first-order valence-corrected chi connectivity index (χ1v) is 9.53. The van der Waals surface area contributed by atoms with E-state index in [9.17, 15) is 9.59 Å². The third-order valence-corrected chi connectivity index (χ3v) is 5.67. The third-order valence-electron chi connectivity index (χ3n) is 5.67. The molecular weight excluding hydrogens is 352 g/mol. The van der Waals surface area contributed by atoms with Gasteiger partial charge in [0.05, 0.1) is 11.0 Å². The molecule has 1 fully saturated rings. The number of amides is 1. The second-order valence-corrected chi connectivity index (χ2v) is 7.31. The van der Waals surface area contributed by atoms with Crippen LogP contribution >= 0.6 is 0 Å². The van der Waals surface area contributed by atoms with Crippen LogP contribution in [0.2, 0.25) is 0 Å². The summed E-state index contributed by atoms with van der Waals surface area (Å²) in [6, 6.07) is 13.7. The van der Waals surface area contributed by atoms with Gasteiger partial charge in [0.2, 0.25) is 0 Å². The van der Waals surface area contributed by atoms with E-state index in [0.717, 1.165) is 18.6 Å². The number of fused-ring (bicyclic) bond motifs is 1. The van der Waals surface area contributed by atoms with Crippen LogP contribution in [0, 0.1) is 13.8 Å². The topological polar surface area (TPSA) is 58.4 Å². The molecule has 3 aromatic rings. The standard InChI is InChI=1S/C22H24N4O2/c1-15-7-6-10-18(16(15)2)25-11-13-26(14-12-25)22(28)20-21(27)24(3)19-9-5-4-8-17(19)23-20/h4-10H,11-14H2,1-3H3. The molecule has 144 valence electrons. The maximum atomic E-state index is 13.0. The first-order valence-electron chi connectivity index (χ1n) is 9.53. The lowest BCUT2D eigenvalue weighted by molar-refractivity contribution is 0.0738. The predicted octanol–water partition coefficient (Wildman–Crippen LogP) is 2.51. The van der Waals surface area contributed by atoms with Crippen molar-refractivity contribution in [2.24, 2.45) is 7.05 Å². The van der Waals surface area contributed by atoms with Gasteiger partial charge in [0.25, 0.3) is 11.5 Å². The number of anilines is 1. The average molecular weight is 376 g/mol. The Hall–Kier alpha value is -3.15. The summed E-state index contributed by atoms with van der Waals surface area (Å²) in [7, 11) is 1.68.